The number of hydrazine groups is 1. The van der Waals surface area contributed by atoms with Gasteiger partial charge in [-0.1, -0.05) is 0 Å². The van der Waals surface area contributed by atoms with Crippen LogP contribution in [0.4, 0.5) is 0 Å². The molecule has 1 unspecified atom stereocenters. The molecule has 76 valence electrons. The molecule has 0 saturated carbocycles. The molecule has 0 aromatic rings. The van der Waals surface area contributed by atoms with E-state index in [9.17, 15) is 13.2 Å². The fraction of sp³-hybridized carbons (Fsp3) is 0.833. The number of amides is 1. The highest BCUT2D eigenvalue weighted by molar-refractivity contribution is 7.88. The van der Waals surface area contributed by atoms with Crippen LogP contribution < -0.4 is 10.3 Å². The number of hydrogen-bond acceptors (Lipinski definition) is 4. The van der Waals surface area contributed by atoms with Gasteiger partial charge in [-0.25, -0.2) is 8.42 Å². The lowest BCUT2D eigenvalue weighted by Crippen LogP contribution is -2.44. The predicted octanol–water partition coefficient (Wildman–Crippen LogP) is -1.40. The van der Waals surface area contributed by atoms with Crippen LogP contribution in [-0.2, 0) is 19.6 Å². The third-order valence-corrected chi connectivity index (χ3v) is 2.13. The van der Waals surface area contributed by atoms with E-state index in [1.165, 1.54) is 0 Å². The Labute approximate surface area is 76.7 Å². The maximum absolute atomic E-state index is 11.2. The van der Waals surface area contributed by atoms with Gasteiger partial charge in [-0.15, -0.1) is 4.83 Å². The van der Waals surface area contributed by atoms with Gasteiger partial charge >= 0.3 is 0 Å². The number of sulfonamides is 1. The first-order valence-electron chi connectivity index (χ1n) is 3.83. The number of hydrogen-bond donors (Lipinski definition) is 2. The second-order valence-electron chi connectivity index (χ2n) is 2.92. The van der Waals surface area contributed by atoms with Gasteiger partial charge in [0.15, 0.2) is 0 Å². The minimum absolute atomic E-state index is 0.241. The Hall–Kier alpha value is -0.660. The van der Waals surface area contributed by atoms with Crippen molar-refractivity contribution in [3.05, 3.63) is 0 Å². The second kappa shape index (κ2) is 4.03. The Morgan fingerprint density at radius 3 is 2.69 bits per heavy atom. The zero-order chi connectivity index (χ0) is 9.90. The third-order valence-electron chi connectivity index (χ3n) is 1.66. The van der Waals surface area contributed by atoms with Crippen molar-refractivity contribution >= 4 is 15.9 Å². The van der Waals surface area contributed by atoms with Crippen molar-refractivity contribution in [2.75, 3.05) is 19.5 Å². The summed E-state index contributed by atoms with van der Waals surface area (Å²) in [7, 11) is -3.37. The van der Waals surface area contributed by atoms with Crippen LogP contribution >= 0.6 is 0 Å². The lowest BCUT2D eigenvalue weighted by atomic mass is 10.1. The van der Waals surface area contributed by atoms with Crippen LogP contribution in [0.3, 0.4) is 0 Å². The largest absolute Gasteiger partial charge is 0.381 e. The van der Waals surface area contributed by atoms with Gasteiger partial charge in [0, 0.05) is 6.61 Å². The number of ether oxygens (including phenoxy) is 1. The summed E-state index contributed by atoms with van der Waals surface area (Å²) < 4.78 is 26.2. The van der Waals surface area contributed by atoms with Crippen LogP contribution in [0.1, 0.15) is 6.42 Å². The van der Waals surface area contributed by atoms with Gasteiger partial charge in [0.25, 0.3) is 0 Å². The van der Waals surface area contributed by atoms with E-state index in [1.807, 2.05) is 4.83 Å². The molecule has 13 heavy (non-hydrogen) atoms. The molecule has 0 radical (unpaired) electrons. The van der Waals surface area contributed by atoms with Gasteiger partial charge in [0.2, 0.25) is 15.9 Å². The quantitative estimate of drug-likeness (QED) is 0.559. The van der Waals surface area contributed by atoms with Gasteiger partial charge in [0.1, 0.15) is 0 Å². The Kier molecular flexibility index (Phi) is 3.23. The van der Waals surface area contributed by atoms with Crippen LogP contribution in [0.2, 0.25) is 0 Å². The van der Waals surface area contributed by atoms with Gasteiger partial charge in [-0.2, -0.15) is 0 Å². The maximum atomic E-state index is 11.2. The normalized spacial score (nSPS) is 23.0. The fourth-order valence-corrected chi connectivity index (χ4v) is 1.27. The summed E-state index contributed by atoms with van der Waals surface area (Å²) in [4.78, 5) is 13.1. The van der Waals surface area contributed by atoms with E-state index in [0.717, 1.165) is 6.26 Å². The molecule has 6 nitrogen and oxygen atoms in total. The summed E-state index contributed by atoms with van der Waals surface area (Å²) in [5, 5.41) is 0. The molecule has 1 atom stereocenters. The van der Waals surface area contributed by atoms with Crippen molar-refractivity contribution in [3.63, 3.8) is 0 Å². The van der Waals surface area contributed by atoms with Crippen LogP contribution in [0, 0.1) is 5.92 Å². The van der Waals surface area contributed by atoms with E-state index < -0.39 is 10.0 Å². The van der Waals surface area contributed by atoms with Crippen LogP contribution in [0.15, 0.2) is 0 Å². The van der Waals surface area contributed by atoms with Crippen LogP contribution in [0.5, 0.6) is 0 Å². The average Bonchev–Trinajstić information content (AvgIpc) is 2.50. The van der Waals surface area contributed by atoms with E-state index in [4.69, 9.17) is 4.74 Å². The Balaban J connectivity index is 2.33. The highest BCUT2D eigenvalue weighted by Gasteiger charge is 2.23. The van der Waals surface area contributed by atoms with Crippen LogP contribution in [0.25, 0.3) is 0 Å². The topological polar surface area (TPSA) is 84.5 Å². The van der Waals surface area contributed by atoms with Crippen molar-refractivity contribution in [1.29, 1.82) is 0 Å². The number of carbonyl (C=O) groups excluding carboxylic acids is 1. The molecular formula is C6H12N2O4S. The molecule has 1 fully saturated rings. The summed E-state index contributed by atoms with van der Waals surface area (Å²) >= 11 is 0. The molecule has 0 aromatic heterocycles. The maximum Gasteiger partial charge on any atom is 0.240 e. The monoisotopic (exact) mass is 208 g/mol. The number of rotatable bonds is 3. The van der Waals surface area contributed by atoms with Crippen molar-refractivity contribution in [3.8, 4) is 0 Å². The number of nitrogens with one attached hydrogen (secondary N) is 2. The zero-order valence-corrected chi connectivity index (χ0v) is 8.06. The second-order valence-corrected chi connectivity index (χ2v) is 4.67. The Morgan fingerprint density at radius 2 is 2.23 bits per heavy atom. The molecule has 1 amide bonds. The van der Waals surface area contributed by atoms with Crippen molar-refractivity contribution in [2.45, 2.75) is 6.42 Å². The average molecular weight is 208 g/mol. The molecule has 1 rings (SSSR count). The molecular weight excluding hydrogens is 196 g/mol. The first-order chi connectivity index (χ1) is 5.99. The smallest absolute Gasteiger partial charge is 0.240 e. The van der Waals surface area contributed by atoms with Crippen molar-refractivity contribution < 1.29 is 17.9 Å². The molecule has 2 N–H and O–H groups in total. The van der Waals surface area contributed by atoms with E-state index in [-0.39, 0.29) is 11.8 Å². The molecule has 0 aromatic carbocycles. The van der Waals surface area contributed by atoms with Gasteiger partial charge in [-0.3, -0.25) is 10.2 Å². The third kappa shape index (κ3) is 3.71. The molecule has 1 heterocycles. The van der Waals surface area contributed by atoms with Crippen molar-refractivity contribution in [2.24, 2.45) is 5.92 Å². The summed E-state index contributed by atoms with van der Waals surface area (Å²) in [6, 6.07) is 0. The van der Waals surface area contributed by atoms with Crippen molar-refractivity contribution in [1.82, 2.24) is 10.3 Å². The molecule has 0 aliphatic carbocycles. The first-order valence-corrected chi connectivity index (χ1v) is 5.72. The summed E-state index contributed by atoms with van der Waals surface area (Å²) in [5.74, 6) is -0.586. The molecule has 1 saturated heterocycles. The van der Waals surface area contributed by atoms with E-state index >= 15 is 0 Å². The van der Waals surface area contributed by atoms with E-state index in [1.54, 1.807) is 0 Å². The minimum atomic E-state index is -3.37. The highest BCUT2D eigenvalue weighted by atomic mass is 32.2. The van der Waals surface area contributed by atoms with Gasteiger partial charge < -0.3 is 4.74 Å². The van der Waals surface area contributed by atoms with Gasteiger partial charge in [0.05, 0.1) is 18.8 Å². The summed E-state index contributed by atoms with van der Waals surface area (Å²) in [6.07, 6.45) is 1.61. The summed E-state index contributed by atoms with van der Waals surface area (Å²) in [6.45, 7) is 0.911. The first kappa shape index (κ1) is 10.4. The zero-order valence-electron chi connectivity index (χ0n) is 7.24. The van der Waals surface area contributed by atoms with Gasteiger partial charge in [-0.05, 0) is 6.42 Å². The van der Waals surface area contributed by atoms with E-state index in [0.29, 0.717) is 19.6 Å². The number of carbonyl (C=O) groups is 1. The molecule has 0 spiro atoms. The fourth-order valence-electron chi connectivity index (χ4n) is 0.986. The molecule has 1 aliphatic rings. The minimum Gasteiger partial charge on any atom is -0.381 e. The Morgan fingerprint density at radius 1 is 1.54 bits per heavy atom. The molecule has 0 bridgehead atoms. The van der Waals surface area contributed by atoms with Crippen LogP contribution in [-0.4, -0.2) is 33.8 Å². The SMILES string of the molecule is CS(=O)(=O)NNC(=O)C1CCOC1. The lowest BCUT2D eigenvalue weighted by molar-refractivity contribution is -0.125. The summed E-state index contributed by atoms with van der Waals surface area (Å²) in [5.41, 5.74) is 2.11. The standard InChI is InChI=1S/C6H12N2O4S/c1-13(10,11)8-7-6(9)5-2-3-12-4-5/h5,8H,2-4H2,1H3,(H,7,9). The predicted molar refractivity (Wildman–Crippen MR) is 45.0 cm³/mol. The molecule has 1 aliphatic heterocycles. The lowest BCUT2D eigenvalue weighted by Gasteiger charge is -2.08. The van der Waals surface area contributed by atoms with E-state index in [2.05, 4.69) is 5.43 Å². The highest BCUT2D eigenvalue weighted by Crippen LogP contribution is 2.11. The Bertz CT molecular complexity index is 281. The molecule has 7 heteroatoms.